The Hall–Kier alpha value is -4.53. The summed E-state index contributed by atoms with van der Waals surface area (Å²) in [6.45, 7) is 1.79. The van der Waals surface area contributed by atoms with E-state index in [1.54, 1.807) is 25.1 Å². The quantitative estimate of drug-likeness (QED) is 0.308. The standard InChI is InChI=1S/C24H22FN7O/c1-14(26)18-11-19(23-30-20(27)12-21(28)31-23)24(33-13-15-7-9-16(25)10-8-15)32-22(18)29-17-5-3-2-4-6-17/h2-12,26H,13H2,1H3,(H,29,32)(H4,27,28,30,31). The number of nitrogens with zero attached hydrogens (tertiary/aromatic N) is 3. The first kappa shape index (κ1) is 21.7. The minimum absolute atomic E-state index is 0.131. The number of hydrogen-bond donors (Lipinski definition) is 4. The number of nitrogens with two attached hydrogens (primary N) is 2. The van der Waals surface area contributed by atoms with Gasteiger partial charge in [-0.05, 0) is 42.8 Å². The first-order valence-corrected chi connectivity index (χ1v) is 10.1. The molecule has 0 unspecified atom stereocenters. The normalized spacial score (nSPS) is 10.6. The van der Waals surface area contributed by atoms with Crippen LogP contribution >= 0.6 is 0 Å². The molecular weight excluding hydrogens is 421 g/mol. The zero-order chi connectivity index (χ0) is 23.4. The molecule has 0 aliphatic heterocycles. The van der Waals surface area contributed by atoms with Crippen molar-refractivity contribution >= 4 is 28.9 Å². The summed E-state index contributed by atoms with van der Waals surface area (Å²) < 4.78 is 19.3. The number of para-hydroxylation sites is 1. The molecule has 2 aromatic carbocycles. The lowest BCUT2D eigenvalue weighted by molar-refractivity contribution is 0.295. The highest BCUT2D eigenvalue weighted by Crippen LogP contribution is 2.33. The molecule has 2 aromatic heterocycles. The van der Waals surface area contributed by atoms with Crippen molar-refractivity contribution in [2.24, 2.45) is 0 Å². The predicted octanol–water partition coefficient (Wildman–Crippen LogP) is 4.55. The Balaban J connectivity index is 1.80. The third-order valence-corrected chi connectivity index (χ3v) is 4.72. The fourth-order valence-corrected chi connectivity index (χ4v) is 3.14. The zero-order valence-corrected chi connectivity index (χ0v) is 17.8. The van der Waals surface area contributed by atoms with Crippen molar-refractivity contribution in [3.8, 4) is 17.3 Å². The average molecular weight is 443 g/mol. The molecule has 0 amide bonds. The number of nitrogens with one attached hydrogen (secondary N) is 2. The van der Waals surface area contributed by atoms with Crippen LogP contribution in [0.2, 0.25) is 0 Å². The molecule has 0 aliphatic rings. The lowest BCUT2D eigenvalue weighted by Crippen LogP contribution is -2.09. The van der Waals surface area contributed by atoms with Crippen LogP contribution in [0.5, 0.6) is 5.88 Å². The molecular formula is C24H22FN7O. The second-order valence-electron chi connectivity index (χ2n) is 7.31. The summed E-state index contributed by atoms with van der Waals surface area (Å²) in [7, 11) is 0. The molecule has 0 saturated heterocycles. The Morgan fingerprint density at radius 2 is 1.64 bits per heavy atom. The van der Waals surface area contributed by atoms with Gasteiger partial charge in [-0.3, -0.25) is 0 Å². The predicted molar refractivity (Wildman–Crippen MR) is 127 cm³/mol. The fourth-order valence-electron chi connectivity index (χ4n) is 3.14. The van der Waals surface area contributed by atoms with Gasteiger partial charge in [-0.1, -0.05) is 30.3 Å². The maximum Gasteiger partial charge on any atom is 0.226 e. The lowest BCUT2D eigenvalue weighted by Gasteiger charge is -2.16. The Kier molecular flexibility index (Phi) is 6.12. The summed E-state index contributed by atoms with van der Waals surface area (Å²) in [5.41, 5.74) is 14.5. The second kappa shape index (κ2) is 9.31. The summed E-state index contributed by atoms with van der Waals surface area (Å²) in [5.74, 6) is 0.934. The van der Waals surface area contributed by atoms with Gasteiger partial charge in [0.1, 0.15) is 29.9 Å². The average Bonchev–Trinajstić information content (AvgIpc) is 2.78. The molecule has 0 spiro atoms. The van der Waals surface area contributed by atoms with Crippen LogP contribution in [0.1, 0.15) is 18.1 Å². The smallest absolute Gasteiger partial charge is 0.226 e. The highest BCUT2D eigenvalue weighted by molar-refractivity contribution is 6.02. The molecule has 0 atom stereocenters. The van der Waals surface area contributed by atoms with Gasteiger partial charge in [0.2, 0.25) is 5.88 Å². The van der Waals surface area contributed by atoms with Crippen molar-refractivity contribution < 1.29 is 9.13 Å². The molecule has 0 fully saturated rings. The number of hydrogen-bond acceptors (Lipinski definition) is 8. The van der Waals surface area contributed by atoms with Gasteiger partial charge < -0.3 is 26.9 Å². The fraction of sp³-hybridized carbons (Fsp3) is 0.0833. The number of halogens is 1. The van der Waals surface area contributed by atoms with Gasteiger partial charge in [-0.25, -0.2) is 14.4 Å². The van der Waals surface area contributed by atoms with Crippen LogP contribution in [0.25, 0.3) is 11.4 Å². The molecule has 4 rings (SSSR count). The molecule has 166 valence electrons. The molecule has 9 heteroatoms. The number of aromatic nitrogens is 3. The van der Waals surface area contributed by atoms with Gasteiger partial charge in [0.15, 0.2) is 5.82 Å². The molecule has 0 saturated carbocycles. The van der Waals surface area contributed by atoms with Crippen LogP contribution in [0.15, 0.2) is 66.7 Å². The van der Waals surface area contributed by atoms with E-state index < -0.39 is 0 Å². The summed E-state index contributed by atoms with van der Waals surface area (Å²) >= 11 is 0. The number of rotatable bonds is 7. The van der Waals surface area contributed by atoms with E-state index in [0.717, 1.165) is 11.3 Å². The minimum atomic E-state index is -0.332. The van der Waals surface area contributed by atoms with Gasteiger partial charge >= 0.3 is 0 Å². The lowest BCUT2D eigenvalue weighted by atomic mass is 10.1. The van der Waals surface area contributed by atoms with E-state index in [1.165, 1.54) is 18.2 Å². The Morgan fingerprint density at radius 3 is 2.27 bits per heavy atom. The van der Waals surface area contributed by atoms with Crippen LogP contribution in [0.3, 0.4) is 0 Å². The zero-order valence-electron chi connectivity index (χ0n) is 17.8. The highest BCUT2D eigenvalue weighted by atomic mass is 19.1. The van der Waals surface area contributed by atoms with Gasteiger partial charge in [0, 0.05) is 23.0 Å². The van der Waals surface area contributed by atoms with Crippen LogP contribution in [0.4, 0.5) is 27.5 Å². The van der Waals surface area contributed by atoms with Crippen molar-refractivity contribution in [2.75, 3.05) is 16.8 Å². The van der Waals surface area contributed by atoms with E-state index >= 15 is 0 Å². The highest BCUT2D eigenvalue weighted by Gasteiger charge is 2.19. The maximum atomic E-state index is 13.3. The van der Waals surface area contributed by atoms with Gasteiger partial charge in [0.25, 0.3) is 0 Å². The van der Waals surface area contributed by atoms with E-state index in [2.05, 4.69) is 20.3 Å². The van der Waals surface area contributed by atoms with Crippen molar-refractivity contribution in [1.29, 1.82) is 5.41 Å². The summed E-state index contributed by atoms with van der Waals surface area (Å²) in [6.07, 6.45) is 0. The van der Waals surface area contributed by atoms with E-state index in [0.29, 0.717) is 16.9 Å². The van der Waals surface area contributed by atoms with Crippen molar-refractivity contribution in [2.45, 2.75) is 13.5 Å². The molecule has 33 heavy (non-hydrogen) atoms. The van der Waals surface area contributed by atoms with Gasteiger partial charge in [-0.2, -0.15) is 4.98 Å². The molecule has 0 bridgehead atoms. The third kappa shape index (κ3) is 5.21. The summed E-state index contributed by atoms with van der Waals surface area (Å²) in [5, 5.41) is 11.5. The number of ether oxygens (including phenoxy) is 1. The first-order valence-electron chi connectivity index (χ1n) is 10.1. The molecule has 2 heterocycles. The van der Waals surface area contributed by atoms with Crippen LogP contribution < -0.4 is 21.5 Å². The van der Waals surface area contributed by atoms with Crippen LogP contribution in [-0.2, 0) is 6.61 Å². The van der Waals surface area contributed by atoms with Crippen LogP contribution in [-0.4, -0.2) is 20.7 Å². The molecule has 4 aromatic rings. The largest absolute Gasteiger partial charge is 0.472 e. The number of nitrogen functional groups attached to an aromatic ring is 2. The number of benzene rings is 2. The number of pyridine rings is 1. The van der Waals surface area contributed by atoms with Crippen molar-refractivity contribution in [1.82, 2.24) is 15.0 Å². The Bertz CT molecular complexity index is 1270. The molecule has 0 radical (unpaired) electrons. The van der Waals surface area contributed by atoms with E-state index in [-0.39, 0.29) is 41.5 Å². The Labute approximate surface area is 190 Å². The third-order valence-electron chi connectivity index (χ3n) is 4.72. The summed E-state index contributed by atoms with van der Waals surface area (Å²) in [4.78, 5) is 13.2. The van der Waals surface area contributed by atoms with Gasteiger partial charge in [0.05, 0.1) is 5.56 Å². The first-order chi connectivity index (χ1) is 15.9. The monoisotopic (exact) mass is 443 g/mol. The number of anilines is 4. The van der Waals surface area contributed by atoms with Crippen molar-refractivity contribution in [3.05, 3.63) is 83.7 Å². The maximum absolute atomic E-state index is 13.3. The van der Waals surface area contributed by atoms with E-state index in [4.69, 9.17) is 21.6 Å². The SMILES string of the molecule is CC(=N)c1cc(-c2nc(N)cc(N)n2)c(OCc2ccc(F)cc2)nc1Nc1ccccc1. The topological polar surface area (TPSA) is 136 Å². The second-order valence-corrected chi connectivity index (χ2v) is 7.31. The molecule has 0 aliphatic carbocycles. The van der Waals surface area contributed by atoms with E-state index in [9.17, 15) is 4.39 Å². The summed E-state index contributed by atoms with van der Waals surface area (Å²) in [6, 6.07) is 18.6. The van der Waals surface area contributed by atoms with Crippen LogP contribution in [0, 0.1) is 11.2 Å². The molecule has 8 nitrogen and oxygen atoms in total. The minimum Gasteiger partial charge on any atom is -0.472 e. The van der Waals surface area contributed by atoms with Gasteiger partial charge in [-0.15, -0.1) is 0 Å². The Morgan fingerprint density at radius 1 is 0.970 bits per heavy atom. The van der Waals surface area contributed by atoms with E-state index in [1.807, 2.05) is 30.3 Å². The van der Waals surface area contributed by atoms with Crippen molar-refractivity contribution in [3.63, 3.8) is 0 Å². The molecule has 6 N–H and O–H groups in total.